The zero-order valence-corrected chi connectivity index (χ0v) is 16.6. The van der Waals surface area contributed by atoms with Crippen molar-refractivity contribution in [2.75, 3.05) is 12.3 Å². The van der Waals surface area contributed by atoms with Crippen molar-refractivity contribution >= 4 is 17.7 Å². The highest BCUT2D eigenvalue weighted by Crippen LogP contribution is 2.39. The van der Waals surface area contributed by atoms with E-state index in [4.69, 9.17) is 0 Å². The molecular weight excluding hydrogens is 344 g/mol. The smallest absolute Gasteiger partial charge is 0.233 e. The molecule has 0 bridgehead atoms. The Morgan fingerprint density at radius 1 is 1.27 bits per heavy atom. The van der Waals surface area contributed by atoms with Crippen LogP contribution >= 0.6 is 11.8 Å². The molecule has 1 amide bonds. The average molecular weight is 371 g/mol. The molecule has 6 heteroatoms. The Kier molecular flexibility index (Phi) is 4.55. The largest absolute Gasteiger partial charge is 0.339 e. The third-order valence-electron chi connectivity index (χ3n) is 5.57. The Hall–Kier alpha value is -1.82. The molecule has 1 aromatic carbocycles. The summed E-state index contributed by atoms with van der Waals surface area (Å²) in [5, 5.41) is 9.74. The molecule has 138 valence electrons. The van der Waals surface area contributed by atoms with Gasteiger partial charge in [-0.25, -0.2) is 0 Å². The molecule has 4 rings (SSSR count). The van der Waals surface area contributed by atoms with Crippen LogP contribution in [0.5, 0.6) is 0 Å². The number of carbonyl (C=O) groups is 1. The van der Waals surface area contributed by atoms with Crippen LogP contribution in [0.3, 0.4) is 0 Å². The van der Waals surface area contributed by atoms with Crippen LogP contribution in [0, 0.1) is 0 Å². The van der Waals surface area contributed by atoms with E-state index in [0.717, 1.165) is 42.4 Å². The van der Waals surface area contributed by atoms with Gasteiger partial charge in [0, 0.05) is 23.7 Å². The number of fused-ring (bicyclic) bond motifs is 3. The summed E-state index contributed by atoms with van der Waals surface area (Å²) in [4.78, 5) is 14.7. The van der Waals surface area contributed by atoms with Crippen LogP contribution in [-0.4, -0.2) is 43.9 Å². The second-order valence-electron chi connectivity index (χ2n) is 8.01. The predicted molar refractivity (Wildman–Crippen MR) is 104 cm³/mol. The van der Waals surface area contributed by atoms with E-state index in [1.807, 2.05) is 11.0 Å². The number of likely N-dealkylation sites (tertiary alicyclic amines) is 1. The van der Waals surface area contributed by atoms with Crippen molar-refractivity contribution in [3.05, 3.63) is 29.8 Å². The molecule has 1 atom stereocenters. The highest BCUT2D eigenvalue weighted by molar-refractivity contribution is 7.99. The number of carbonyl (C=O) groups excluding carboxylic acids is 1. The van der Waals surface area contributed by atoms with Gasteiger partial charge in [0.15, 0.2) is 11.0 Å². The molecule has 0 radical (unpaired) electrons. The molecule has 1 saturated heterocycles. The summed E-state index contributed by atoms with van der Waals surface area (Å²) in [5.74, 6) is 1.56. The maximum absolute atomic E-state index is 12.7. The van der Waals surface area contributed by atoms with E-state index in [0.29, 0.717) is 11.8 Å². The van der Waals surface area contributed by atoms with Gasteiger partial charge in [0.25, 0.3) is 0 Å². The lowest BCUT2D eigenvalue weighted by atomic mass is 9.87. The van der Waals surface area contributed by atoms with Crippen LogP contribution < -0.4 is 0 Å². The molecule has 0 N–H and O–H groups in total. The molecule has 2 aliphatic heterocycles. The van der Waals surface area contributed by atoms with Gasteiger partial charge in [-0.3, -0.25) is 9.36 Å². The maximum atomic E-state index is 12.7. The maximum Gasteiger partial charge on any atom is 0.233 e. The van der Waals surface area contributed by atoms with Gasteiger partial charge in [0.2, 0.25) is 5.91 Å². The van der Waals surface area contributed by atoms with E-state index in [1.54, 1.807) is 0 Å². The van der Waals surface area contributed by atoms with Crippen molar-refractivity contribution in [1.82, 2.24) is 19.7 Å². The van der Waals surface area contributed by atoms with E-state index < -0.39 is 0 Å². The fourth-order valence-electron chi connectivity index (χ4n) is 4.20. The number of benzene rings is 1. The van der Waals surface area contributed by atoms with Crippen LogP contribution in [0.2, 0.25) is 0 Å². The van der Waals surface area contributed by atoms with Crippen molar-refractivity contribution in [2.24, 2.45) is 0 Å². The Morgan fingerprint density at radius 3 is 2.88 bits per heavy atom. The van der Waals surface area contributed by atoms with Gasteiger partial charge in [-0.15, -0.1) is 10.2 Å². The minimum atomic E-state index is -0.100. The van der Waals surface area contributed by atoms with Crippen LogP contribution in [0.15, 0.2) is 29.4 Å². The molecule has 0 saturated carbocycles. The molecule has 2 aromatic rings. The summed E-state index contributed by atoms with van der Waals surface area (Å²) in [6.45, 7) is 7.47. The Balaban J connectivity index is 1.56. The van der Waals surface area contributed by atoms with Crippen molar-refractivity contribution < 1.29 is 4.79 Å². The number of piperidine rings is 1. The van der Waals surface area contributed by atoms with Crippen molar-refractivity contribution in [2.45, 2.75) is 63.2 Å². The van der Waals surface area contributed by atoms with Crippen LogP contribution in [0.25, 0.3) is 11.4 Å². The molecule has 1 aromatic heterocycles. The first-order valence-electron chi connectivity index (χ1n) is 9.44. The minimum Gasteiger partial charge on any atom is -0.339 e. The summed E-state index contributed by atoms with van der Waals surface area (Å²) in [6, 6.07) is 8.76. The number of nitrogens with zero attached hydrogens (tertiary/aromatic N) is 4. The van der Waals surface area contributed by atoms with E-state index in [2.05, 4.69) is 53.7 Å². The molecule has 0 spiro atoms. The van der Waals surface area contributed by atoms with Crippen LogP contribution in [-0.2, 0) is 16.8 Å². The Morgan fingerprint density at radius 2 is 2.08 bits per heavy atom. The Labute approximate surface area is 159 Å². The number of hydrogen-bond donors (Lipinski definition) is 0. The molecule has 2 aliphatic rings. The fourth-order valence-corrected chi connectivity index (χ4v) is 5.18. The minimum absolute atomic E-state index is 0.100. The zero-order chi connectivity index (χ0) is 18.3. The standard InChI is InChI=1S/C20H26N4OS/c1-14-8-6-7-11-23(14)17(25)13-26-19-22-21-18-16-10-5-4-9-15(16)12-20(2,3)24(18)19/h4-5,9-10,14H,6-8,11-13H2,1-3H3. The summed E-state index contributed by atoms with van der Waals surface area (Å²) < 4.78 is 2.22. The number of aromatic nitrogens is 3. The van der Waals surface area contributed by atoms with E-state index >= 15 is 0 Å². The van der Waals surface area contributed by atoms with Crippen LogP contribution in [0.1, 0.15) is 45.6 Å². The average Bonchev–Trinajstić information content (AvgIpc) is 3.05. The first-order chi connectivity index (χ1) is 12.5. The van der Waals surface area contributed by atoms with E-state index in [1.165, 1.54) is 23.7 Å². The predicted octanol–water partition coefficient (Wildman–Crippen LogP) is 3.73. The van der Waals surface area contributed by atoms with Gasteiger partial charge in [0.05, 0.1) is 5.75 Å². The van der Waals surface area contributed by atoms with E-state index in [9.17, 15) is 4.79 Å². The summed E-state index contributed by atoms with van der Waals surface area (Å²) in [7, 11) is 0. The lowest BCUT2D eigenvalue weighted by molar-refractivity contribution is -0.131. The topological polar surface area (TPSA) is 51.0 Å². The van der Waals surface area contributed by atoms with Gasteiger partial charge in [0.1, 0.15) is 0 Å². The third kappa shape index (κ3) is 3.04. The normalized spacial score (nSPS) is 21.2. The van der Waals surface area contributed by atoms with Gasteiger partial charge in [-0.2, -0.15) is 0 Å². The van der Waals surface area contributed by atoms with Crippen molar-refractivity contribution in [1.29, 1.82) is 0 Å². The second-order valence-corrected chi connectivity index (χ2v) is 8.95. The molecule has 5 nitrogen and oxygen atoms in total. The number of thioether (sulfide) groups is 1. The van der Waals surface area contributed by atoms with Gasteiger partial charge >= 0.3 is 0 Å². The molecule has 26 heavy (non-hydrogen) atoms. The molecule has 0 aliphatic carbocycles. The highest BCUT2D eigenvalue weighted by Gasteiger charge is 2.34. The molecule has 3 heterocycles. The van der Waals surface area contributed by atoms with E-state index in [-0.39, 0.29) is 11.4 Å². The lowest BCUT2D eigenvalue weighted by Gasteiger charge is -2.35. The first kappa shape index (κ1) is 17.6. The number of hydrogen-bond acceptors (Lipinski definition) is 4. The Bertz CT molecular complexity index is 829. The van der Waals surface area contributed by atoms with Gasteiger partial charge < -0.3 is 4.90 Å². The molecule has 1 unspecified atom stereocenters. The second kappa shape index (κ2) is 6.72. The van der Waals surface area contributed by atoms with Gasteiger partial charge in [-0.05, 0) is 52.0 Å². The molecule has 1 fully saturated rings. The number of rotatable bonds is 3. The highest BCUT2D eigenvalue weighted by atomic mass is 32.2. The lowest BCUT2D eigenvalue weighted by Crippen LogP contribution is -2.43. The summed E-state index contributed by atoms with van der Waals surface area (Å²) in [5.41, 5.74) is 2.37. The third-order valence-corrected chi connectivity index (χ3v) is 6.48. The van der Waals surface area contributed by atoms with Crippen molar-refractivity contribution in [3.63, 3.8) is 0 Å². The quantitative estimate of drug-likeness (QED) is 0.773. The van der Waals surface area contributed by atoms with Crippen molar-refractivity contribution in [3.8, 4) is 11.4 Å². The zero-order valence-electron chi connectivity index (χ0n) is 15.7. The summed E-state index contributed by atoms with van der Waals surface area (Å²) in [6.07, 6.45) is 4.40. The first-order valence-corrected chi connectivity index (χ1v) is 10.4. The number of amides is 1. The fraction of sp³-hybridized carbons (Fsp3) is 0.550. The van der Waals surface area contributed by atoms with Crippen LogP contribution in [0.4, 0.5) is 0 Å². The summed E-state index contributed by atoms with van der Waals surface area (Å²) >= 11 is 1.52. The monoisotopic (exact) mass is 370 g/mol. The SMILES string of the molecule is CC1CCCCN1C(=O)CSc1nnc2n1C(C)(C)Cc1ccccc1-2. The van der Waals surface area contributed by atoms with Gasteiger partial charge in [-0.1, -0.05) is 36.0 Å². The molecular formula is C20H26N4OS.